The highest BCUT2D eigenvalue weighted by Gasteiger charge is 2.10. The lowest BCUT2D eigenvalue weighted by Crippen LogP contribution is -2.15. The summed E-state index contributed by atoms with van der Waals surface area (Å²) in [4.78, 5) is 3.79. The minimum absolute atomic E-state index is 0.0584. The third-order valence-electron chi connectivity index (χ3n) is 1.58. The molecule has 1 heterocycles. The third-order valence-corrected chi connectivity index (χ3v) is 1.58. The first-order chi connectivity index (χ1) is 5.75. The second-order valence-electron chi connectivity index (χ2n) is 2.49. The molecule has 1 aromatic heterocycles. The van der Waals surface area contributed by atoms with Crippen molar-refractivity contribution in [1.29, 1.82) is 0 Å². The first-order valence-electron chi connectivity index (χ1n) is 3.72. The van der Waals surface area contributed by atoms with E-state index in [1.807, 2.05) is 0 Å². The van der Waals surface area contributed by atoms with E-state index in [0.29, 0.717) is 6.42 Å². The molecule has 0 unspecified atom stereocenters. The molecule has 4 heteroatoms. The standard InChI is InChI=1S/C8H11FN2O/c9-6-2-1-4-11-8(6)7(10)3-5-12/h1-2,4,7,12H,3,5,10H2/t7-/m1/s1. The van der Waals surface area contributed by atoms with Gasteiger partial charge in [-0.3, -0.25) is 4.98 Å². The maximum Gasteiger partial charge on any atom is 0.146 e. The molecule has 0 spiro atoms. The quantitative estimate of drug-likeness (QED) is 0.698. The minimum Gasteiger partial charge on any atom is -0.396 e. The molecule has 0 saturated carbocycles. The first-order valence-corrected chi connectivity index (χ1v) is 3.72. The molecule has 0 saturated heterocycles. The van der Waals surface area contributed by atoms with Crippen LogP contribution in [0.15, 0.2) is 18.3 Å². The molecule has 3 nitrogen and oxygen atoms in total. The zero-order valence-electron chi connectivity index (χ0n) is 6.57. The van der Waals surface area contributed by atoms with Crippen molar-refractivity contribution in [2.45, 2.75) is 12.5 Å². The van der Waals surface area contributed by atoms with Gasteiger partial charge in [0.25, 0.3) is 0 Å². The summed E-state index contributed by atoms with van der Waals surface area (Å²) in [6.07, 6.45) is 1.81. The molecule has 0 aliphatic heterocycles. The number of aromatic nitrogens is 1. The van der Waals surface area contributed by atoms with Crippen molar-refractivity contribution in [2.24, 2.45) is 5.73 Å². The SMILES string of the molecule is N[C@H](CCO)c1ncccc1F. The van der Waals surface area contributed by atoms with Gasteiger partial charge in [0.15, 0.2) is 0 Å². The van der Waals surface area contributed by atoms with Gasteiger partial charge in [0.2, 0.25) is 0 Å². The molecule has 0 amide bonds. The van der Waals surface area contributed by atoms with Crippen LogP contribution in [0.5, 0.6) is 0 Å². The maximum absolute atomic E-state index is 12.9. The monoisotopic (exact) mass is 170 g/mol. The minimum atomic E-state index is -0.517. The number of nitrogens with zero attached hydrogens (tertiary/aromatic N) is 1. The highest BCUT2D eigenvalue weighted by molar-refractivity contribution is 5.10. The summed E-state index contributed by atoms with van der Waals surface area (Å²) in [5.41, 5.74) is 5.76. The van der Waals surface area contributed by atoms with Gasteiger partial charge in [-0.2, -0.15) is 0 Å². The summed E-state index contributed by atoms with van der Waals surface area (Å²) in [5, 5.41) is 8.56. The molecule has 1 atom stereocenters. The number of hydrogen-bond acceptors (Lipinski definition) is 3. The number of hydrogen-bond donors (Lipinski definition) is 2. The van der Waals surface area contributed by atoms with Crippen LogP contribution in [0.1, 0.15) is 18.2 Å². The second kappa shape index (κ2) is 4.13. The lowest BCUT2D eigenvalue weighted by molar-refractivity contribution is 0.274. The third kappa shape index (κ3) is 1.99. The number of halogens is 1. The Morgan fingerprint density at radius 3 is 3.00 bits per heavy atom. The van der Waals surface area contributed by atoms with Crippen molar-refractivity contribution >= 4 is 0 Å². The van der Waals surface area contributed by atoms with Gasteiger partial charge < -0.3 is 10.8 Å². The Morgan fingerprint density at radius 1 is 1.67 bits per heavy atom. The molecule has 0 bridgehead atoms. The van der Waals surface area contributed by atoms with Crippen molar-refractivity contribution in [2.75, 3.05) is 6.61 Å². The van der Waals surface area contributed by atoms with E-state index in [4.69, 9.17) is 10.8 Å². The fourth-order valence-electron chi connectivity index (χ4n) is 0.947. The Balaban J connectivity index is 2.79. The number of pyridine rings is 1. The van der Waals surface area contributed by atoms with Gasteiger partial charge in [-0.1, -0.05) is 0 Å². The van der Waals surface area contributed by atoms with Crippen LogP contribution in [-0.4, -0.2) is 16.7 Å². The number of aliphatic hydroxyl groups excluding tert-OH is 1. The smallest absolute Gasteiger partial charge is 0.146 e. The van der Waals surface area contributed by atoms with Crippen LogP contribution in [0.3, 0.4) is 0 Å². The zero-order chi connectivity index (χ0) is 8.97. The van der Waals surface area contributed by atoms with Crippen LogP contribution < -0.4 is 5.73 Å². The fourth-order valence-corrected chi connectivity index (χ4v) is 0.947. The number of rotatable bonds is 3. The average molecular weight is 170 g/mol. The molecule has 0 aromatic carbocycles. The summed E-state index contributed by atoms with van der Waals surface area (Å²) >= 11 is 0. The molecule has 0 radical (unpaired) electrons. The summed E-state index contributed by atoms with van der Waals surface area (Å²) in [6.45, 7) is -0.0584. The summed E-state index contributed by atoms with van der Waals surface area (Å²) < 4.78 is 12.9. The van der Waals surface area contributed by atoms with Crippen LogP contribution >= 0.6 is 0 Å². The van der Waals surface area contributed by atoms with Crippen molar-refractivity contribution in [1.82, 2.24) is 4.98 Å². The average Bonchev–Trinajstić information content (AvgIpc) is 2.05. The summed E-state index contributed by atoms with van der Waals surface area (Å²) in [7, 11) is 0. The summed E-state index contributed by atoms with van der Waals surface area (Å²) in [6, 6.07) is 2.29. The molecule has 0 fully saturated rings. The molecular weight excluding hydrogens is 159 g/mol. The highest BCUT2D eigenvalue weighted by Crippen LogP contribution is 2.13. The van der Waals surface area contributed by atoms with Gasteiger partial charge in [0.05, 0.1) is 11.7 Å². The van der Waals surface area contributed by atoms with E-state index in [1.165, 1.54) is 18.3 Å². The van der Waals surface area contributed by atoms with E-state index < -0.39 is 11.9 Å². The first kappa shape index (κ1) is 9.09. The molecular formula is C8H11FN2O. The Hall–Kier alpha value is -1.00. The van der Waals surface area contributed by atoms with Crippen LogP contribution in [0.4, 0.5) is 4.39 Å². The largest absolute Gasteiger partial charge is 0.396 e. The molecule has 12 heavy (non-hydrogen) atoms. The predicted octanol–water partition coefficient (Wildman–Crippen LogP) is 0.603. The molecule has 0 aliphatic rings. The molecule has 66 valence electrons. The fraction of sp³-hybridized carbons (Fsp3) is 0.375. The van der Waals surface area contributed by atoms with Gasteiger partial charge in [-0.05, 0) is 18.6 Å². The molecule has 1 aromatic rings. The van der Waals surface area contributed by atoms with Crippen molar-refractivity contribution < 1.29 is 9.50 Å². The Bertz CT molecular complexity index is 255. The van der Waals surface area contributed by atoms with Crippen LogP contribution in [-0.2, 0) is 0 Å². The van der Waals surface area contributed by atoms with Crippen molar-refractivity contribution in [3.05, 3.63) is 29.8 Å². The van der Waals surface area contributed by atoms with Crippen LogP contribution in [0.25, 0.3) is 0 Å². The number of aliphatic hydroxyl groups is 1. The van der Waals surface area contributed by atoms with Gasteiger partial charge in [0, 0.05) is 12.8 Å². The van der Waals surface area contributed by atoms with Crippen LogP contribution in [0, 0.1) is 5.82 Å². The zero-order valence-corrected chi connectivity index (χ0v) is 6.57. The topological polar surface area (TPSA) is 59.1 Å². The predicted molar refractivity (Wildman–Crippen MR) is 42.8 cm³/mol. The van der Waals surface area contributed by atoms with Crippen molar-refractivity contribution in [3.63, 3.8) is 0 Å². The second-order valence-corrected chi connectivity index (χ2v) is 2.49. The lowest BCUT2D eigenvalue weighted by atomic mass is 10.1. The molecule has 0 aliphatic carbocycles. The Kier molecular flexibility index (Phi) is 3.13. The molecule has 3 N–H and O–H groups in total. The Labute approximate surface area is 70.0 Å². The van der Waals surface area contributed by atoms with E-state index in [1.54, 1.807) is 0 Å². The summed E-state index contributed by atoms with van der Waals surface area (Å²) in [5.74, 6) is -0.418. The van der Waals surface area contributed by atoms with Gasteiger partial charge in [-0.15, -0.1) is 0 Å². The number of nitrogens with two attached hydrogens (primary N) is 1. The van der Waals surface area contributed by atoms with Gasteiger partial charge >= 0.3 is 0 Å². The van der Waals surface area contributed by atoms with E-state index in [0.717, 1.165) is 0 Å². The van der Waals surface area contributed by atoms with Gasteiger partial charge in [-0.25, -0.2) is 4.39 Å². The van der Waals surface area contributed by atoms with E-state index in [-0.39, 0.29) is 12.3 Å². The molecule has 1 rings (SSSR count). The van der Waals surface area contributed by atoms with E-state index in [2.05, 4.69) is 4.98 Å². The van der Waals surface area contributed by atoms with E-state index in [9.17, 15) is 4.39 Å². The van der Waals surface area contributed by atoms with Gasteiger partial charge in [0.1, 0.15) is 5.82 Å². The highest BCUT2D eigenvalue weighted by atomic mass is 19.1. The normalized spacial score (nSPS) is 12.9. The Morgan fingerprint density at radius 2 is 2.42 bits per heavy atom. The van der Waals surface area contributed by atoms with E-state index >= 15 is 0 Å². The lowest BCUT2D eigenvalue weighted by Gasteiger charge is -2.08. The van der Waals surface area contributed by atoms with Crippen molar-refractivity contribution in [3.8, 4) is 0 Å². The maximum atomic E-state index is 12.9. The van der Waals surface area contributed by atoms with Crippen LogP contribution in [0.2, 0.25) is 0 Å².